The Bertz CT molecular complexity index is 380. The summed E-state index contributed by atoms with van der Waals surface area (Å²) in [5, 5.41) is 6.49. The van der Waals surface area contributed by atoms with Gasteiger partial charge in [-0.15, -0.1) is 0 Å². The smallest absolute Gasteiger partial charge is 0.310 e. The van der Waals surface area contributed by atoms with Gasteiger partial charge in [-0.3, -0.25) is 9.59 Å². The van der Waals surface area contributed by atoms with E-state index in [1.165, 1.54) is 32.8 Å². The maximum atomic E-state index is 12.3. The highest BCUT2D eigenvalue weighted by Crippen LogP contribution is 2.24. The Morgan fingerprint density at radius 2 is 1.74 bits per heavy atom. The number of amides is 1. The summed E-state index contributed by atoms with van der Waals surface area (Å²) in [5.41, 5.74) is 0. The number of esters is 1. The minimum atomic E-state index is -0.178. The van der Waals surface area contributed by atoms with E-state index < -0.39 is 0 Å². The van der Waals surface area contributed by atoms with Crippen LogP contribution >= 0.6 is 0 Å². The zero-order valence-electron chi connectivity index (χ0n) is 14.4. The van der Waals surface area contributed by atoms with Crippen LogP contribution < -0.4 is 10.6 Å². The van der Waals surface area contributed by atoms with Crippen LogP contribution in [0.25, 0.3) is 0 Å². The molecule has 2 fully saturated rings. The summed E-state index contributed by atoms with van der Waals surface area (Å²) in [7, 11) is 1.44. The van der Waals surface area contributed by atoms with Gasteiger partial charge in [0, 0.05) is 12.5 Å². The first-order valence-electron chi connectivity index (χ1n) is 9.28. The van der Waals surface area contributed by atoms with Gasteiger partial charge in [-0.05, 0) is 51.1 Å². The van der Waals surface area contributed by atoms with E-state index in [-0.39, 0.29) is 23.8 Å². The number of piperidine rings is 1. The molecule has 5 heteroatoms. The summed E-state index contributed by atoms with van der Waals surface area (Å²) in [6, 6.07) is -0.0525. The van der Waals surface area contributed by atoms with E-state index in [0.717, 1.165) is 45.2 Å². The van der Waals surface area contributed by atoms with E-state index >= 15 is 0 Å². The third kappa shape index (κ3) is 6.13. The molecule has 2 rings (SSSR count). The number of nitrogens with one attached hydrogen (secondary N) is 2. The molecule has 0 aromatic heterocycles. The molecule has 1 saturated carbocycles. The van der Waals surface area contributed by atoms with Crippen LogP contribution in [0.2, 0.25) is 0 Å². The van der Waals surface area contributed by atoms with Crippen molar-refractivity contribution >= 4 is 11.9 Å². The lowest BCUT2D eigenvalue weighted by atomic mass is 9.86. The summed E-state index contributed by atoms with van der Waals surface area (Å²) in [4.78, 5) is 24.4. The quantitative estimate of drug-likeness (QED) is 0.762. The average molecular weight is 324 g/mol. The van der Waals surface area contributed by atoms with Crippen LogP contribution in [0.5, 0.6) is 0 Å². The summed E-state index contributed by atoms with van der Waals surface area (Å²) >= 11 is 0. The first-order chi connectivity index (χ1) is 11.2. The molecule has 0 aromatic rings. The van der Waals surface area contributed by atoms with Gasteiger partial charge in [0.1, 0.15) is 0 Å². The maximum absolute atomic E-state index is 12.3. The molecule has 0 spiro atoms. The topological polar surface area (TPSA) is 67.4 Å². The van der Waals surface area contributed by atoms with Crippen molar-refractivity contribution in [1.29, 1.82) is 0 Å². The molecule has 0 radical (unpaired) electrons. The summed E-state index contributed by atoms with van der Waals surface area (Å²) < 4.78 is 4.96. The highest BCUT2D eigenvalue weighted by molar-refractivity contribution is 5.78. The van der Waals surface area contributed by atoms with Crippen molar-refractivity contribution in [2.24, 2.45) is 11.8 Å². The van der Waals surface area contributed by atoms with Crippen LogP contribution in [0.1, 0.15) is 64.2 Å². The number of hydrogen-bond acceptors (Lipinski definition) is 4. The van der Waals surface area contributed by atoms with Gasteiger partial charge < -0.3 is 15.4 Å². The van der Waals surface area contributed by atoms with Crippen LogP contribution in [-0.2, 0) is 14.3 Å². The molecular weight excluding hydrogens is 292 g/mol. The molecule has 0 aromatic carbocycles. The first-order valence-corrected chi connectivity index (χ1v) is 9.28. The molecule has 23 heavy (non-hydrogen) atoms. The Kier molecular flexibility index (Phi) is 7.86. The molecule has 1 heterocycles. The number of methoxy groups -OCH3 is 1. The zero-order chi connectivity index (χ0) is 16.5. The molecule has 1 aliphatic carbocycles. The fraction of sp³-hybridized carbons (Fsp3) is 0.889. The second kappa shape index (κ2) is 9.91. The van der Waals surface area contributed by atoms with Crippen molar-refractivity contribution in [3.05, 3.63) is 0 Å². The molecule has 5 nitrogen and oxygen atoms in total. The van der Waals surface area contributed by atoms with E-state index in [4.69, 9.17) is 4.74 Å². The van der Waals surface area contributed by atoms with Crippen molar-refractivity contribution in [1.82, 2.24) is 10.6 Å². The number of ether oxygens (including phenoxy) is 1. The van der Waals surface area contributed by atoms with Crippen molar-refractivity contribution in [2.75, 3.05) is 20.2 Å². The third-order valence-electron chi connectivity index (χ3n) is 5.35. The fourth-order valence-electron chi connectivity index (χ4n) is 3.88. The predicted octanol–water partition coefficient (Wildman–Crippen LogP) is 2.39. The van der Waals surface area contributed by atoms with Gasteiger partial charge in [0.2, 0.25) is 5.91 Å². The second-order valence-electron chi connectivity index (χ2n) is 7.03. The molecule has 1 aliphatic heterocycles. The second-order valence-corrected chi connectivity index (χ2v) is 7.03. The van der Waals surface area contributed by atoms with Crippen molar-refractivity contribution < 1.29 is 14.3 Å². The van der Waals surface area contributed by atoms with Crippen molar-refractivity contribution in [2.45, 2.75) is 70.3 Å². The molecule has 2 N–H and O–H groups in total. The normalized spacial score (nSPS) is 26.8. The summed E-state index contributed by atoms with van der Waals surface area (Å²) in [6.45, 7) is 2.14. The Morgan fingerprint density at radius 3 is 2.43 bits per heavy atom. The highest BCUT2D eigenvalue weighted by atomic mass is 16.5. The van der Waals surface area contributed by atoms with Gasteiger partial charge in [0.05, 0.1) is 13.0 Å². The van der Waals surface area contributed by atoms with Crippen LogP contribution in [-0.4, -0.2) is 38.1 Å². The van der Waals surface area contributed by atoms with Crippen LogP contribution in [0, 0.1) is 11.8 Å². The zero-order valence-corrected chi connectivity index (χ0v) is 14.4. The lowest BCUT2D eigenvalue weighted by molar-refractivity contribution is -0.147. The maximum Gasteiger partial charge on any atom is 0.310 e. The molecule has 2 unspecified atom stereocenters. The summed E-state index contributed by atoms with van der Waals surface area (Å²) in [6.07, 6.45) is 10.1. The molecule has 1 saturated heterocycles. The third-order valence-corrected chi connectivity index (χ3v) is 5.35. The Labute approximate surface area is 139 Å². The van der Waals surface area contributed by atoms with Crippen LogP contribution in [0.15, 0.2) is 0 Å². The lowest BCUT2D eigenvalue weighted by Crippen LogP contribution is -2.44. The number of hydrogen-bond donors (Lipinski definition) is 2. The number of carbonyl (C=O) groups excluding carboxylic acids is 2. The molecule has 132 valence electrons. The number of carbonyl (C=O) groups is 2. The van der Waals surface area contributed by atoms with Gasteiger partial charge in [0.25, 0.3) is 0 Å². The van der Waals surface area contributed by atoms with Gasteiger partial charge >= 0.3 is 5.97 Å². The molecule has 2 atom stereocenters. The van der Waals surface area contributed by atoms with Crippen molar-refractivity contribution in [3.8, 4) is 0 Å². The van der Waals surface area contributed by atoms with E-state index in [1.54, 1.807) is 0 Å². The van der Waals surface area contributed by atoms with Gasteiger partial charge in [-0.25, -0.2) is 0 Å². The molecule has 1 amide bonds. The van der Waals surface area contributed by atoms with Crippen LogP contribution in [0.4, 0.5) is 0 Å². The predicted molar refractivity (Wildman–Crippen MR) is 90.0 cm³/mol. The molecule has 0 bridgehead atoms. The Balaban J connectivity index is 1.82. The fourth-order valence-corrected chi connectivity index (χ4v) is 3.88. The minimum absolute atomic E-state index is 0.0525. The SMILES string of the molecule is COC(=O)C1CCCCCCC1NC(=O)CCC1CCNCC1. The largest absolute Gasteiger partial charge is 0.469 e. The van der Waals surface area contributed by atoms with Gasteiger partial charge in [-0.1, -0.05) is 25.7 Å². The van der Waals surface area contributed by atoms with Gasteiger partial charge in [0.15, 0.2) is 0 Å². The Morgan fingerprint density at radius 1 is 1.04 bits per heavy atom. The number of rotatable bonds is 5. The van der Waals surface area contributed by atoms with Crippen molar-refractivity contribution in [3.63, 3.8) is 0 Å². The standard InChI is InChI=1S/C18H32N2O3/c1-23-18(22)15-6-4-2-3-5-7-16(15)20-17(21)9-8-14-10-12-19-13-11-14/h14-16,19H,2-13H2,1H3,(H,20,21). The van der Waals surface area contributed by atoms with E-state index in [1.807, 2.05) is 0 Å². The van der Waals surface area contributed by atoms with Crippen LogP contribution in [0.3, 0.4) is 0 Å². The Hall–Kier alpha value is -1.10. The molecule has 2 aliphatic rings. The summed E-state index contributed by atoms with van der Waals surface area (Å²) in [5.74, 6) is 0.414. The average Bonchev–Trinajstić information content (AvgIpc) is 2.56. The first kappa shape index (κ1) is 18.2. The molecular formula is C18H32N2O3. The van der Waals surface area contributed by atoms with E-state index in [9.17, 15) is 9.59 Å². The minimum Gasteiger partial charge on any atom is -0.469 e. The van der Waals surface area contributed by atoms with E-state index in [0.29, 0.717) is 12.3 Å². The van der Waals surface area contributed by atoms with E-state index in [2.05, 4.69) is 10.6 Å². The van der Waals surface area contributed by atoms with Gasteiger partial charge in [-0.2, -0.15) is 0 Å². The lowest BCUT2D eigenvalue weighted by Gasteiger charge is -2.28. The highest BCUT2D eigenvalue weighted by Gasteiger charge is 2.30. The monoisotopic (exact) mass is 324 g/mol.